The first kappa shape index (κ1) is 18.7. The molecular weight excluding hydrogens is 304 g/mol. The summed E-state index contributed by atoms with van der Waals surface area (Å²) >= 11 is 0. The molecule has 0 unspecified atom stereocenters. The maximum Gasteiger partial charge on any atom is 0.184 e. The zero-order valence-electron chi connectivity index (χ0n) is 15.9. The standard InChI is InChI=1S/C18H38O2Si2/c1-21(2,3)19-17(13-9-7-10-14-17)18(20-22(4,5)6)15-11-8-12-16-18/h7-16H2,1-6H3. The molecule has 0 spiro atoms. The SMILES string of the molecule is C[Si](C)(C)OC1(C2(O[Si](C)(C)C)CCCCC2)CCCCC1. The third-order valence-corrected chi connectivity index (χ3v) is 7.16. The quantitative estimate of drug-likeness (QED) is 0.562. The van der Waals surface area contributed by atoms with Gasteiger partial charge >= 0.3 is 0 Å². The normalized spacial score (nSPS) is 25.9. The Bertz CT molecular complexity index is 320. The summed E-state index contributed by atoms with van der Waals surface area (Å²) in [4.78, 5) is 0. The van der Waals surface area contributed by atoms with Crippen LogP contribution in [-0.2, 0) is 8.85 Å². The first-order valence-electron chi connectivity index (χ1n) is 9.48. The molecule has 130 valence electrons. The van der Waals surface area contributed by atoms with Gasteiger partial charge in [-0.3, -0.25) is 0 Å². The van der Waals surface area contributed by atoms with E-state index in [0.29, 0.717) is 0 Å². The maximum atomic E-state index is 6.99. The zero-order chi connectivity index (χ0) is 16.5. The topological polar surface area (TPSA) is 18.5 Å². The molecule has 2 nitrogen and oxygen atoms in total. The highest BCUT2D eigenvalue weighted by atomic mass is 28.4. The van der Waals surface area contributed by atoms with Gasteiger partial charge in [0.05, 0.1) is 11.2 Å². The summed E-state index contributed by atoms with van der Waals surface area (Å²) in [6.07, 6.45) is 12.9. The Morgan fingerprint density at radius 2 is 0.773 bits per heavy atom. The van der Waals surface area contributed by atoms with Gasteiger partial charge in [-0.2, -0.15) is 0 Å². The van der Waals surface area contributed by atoms with Crippen molar-refractivity contribution >= 4 is 16.6 Å². The highest BCUT2D eigenvalue weighted by Gasteiger charge is 2.56. The average Bonchev–Trinajstić information content (AvgIpc) is 2.36. The van der Waals surface area contributed by atoms with E-state index in [0.717, 1.165) is 0 Å². The molecule has 0 heterocycles. The van der Waals surface area contributed by atoms with Crippen LogP contribution in [0.3, 0.4) is 0 Å². The van der Waals surface area contributed by atoms with E-state index >= 15 is 0 Å². The predicted molar refractivity (Wildman–Crippen MR) is 100 cm³/mol. The molecule has 0 radical (unpaired) electrons. The van der Waals surface area contributed by atoms with Gasteiger partial charge in [-0.15, -0.1) is 0 Å². The molecule has 4 heteroatoms. The van der Waals surface area contributed by atoms with Gasteiger partial charge < -0.3 is 8.85 Å². The number of hydrogen-bond donors (Lipinski definition) is 0. The van der Waals surface area contributed by atoms with Crippen LogP contribution in [-0.4, -0.2) is 27.8 Å². The lowest BCUT2D eigenvalue weighted by molar-refractivity contribution is -0.161. The molecule has 0 saturated heterocycles. The molecule has 0 amide bonds. The molecule has 2 saturated carbocycles. The van der Waals surface area contributed by atoms with Gasteiger partial charge in [-0.1, -0.05) is 38.5 Å². The smallest absolute Gasteiger partial charge is 0.184 e. The molecule has 2 aliphatic carbocycles. The molecule has 0 atom stereocenters. The Kier molecular flexibility index (Phi) is 5.69. The number of rotatable bonds is 5. The molecule has 2 fully saturated rings. The summed E-state index contributed by atoms with van der Waals surface area (Å²) < 4.78 is 14.0. The molecule has 0 aromatic rings. The van der Waals surface area contributed by atoms with Crippen molar-refractivity contribution in [3.8, 4) is 0 Å². The molecule has 0 aromatic carbocycles. The van der Waals surface area contributed by atoms with Gasteiger partial charge in [0.1, 0.15) is 0 Å². The van der Waals surface area contributed by atoms with Gasteiger partial charge in [-0.25, -0.2) is 0 Å². The second kappa shape index (κ2) is 6.69. The molecule has 0 aromatic heterocycles. The van der Waals surface area contributed by atoms with E-state index < -0.39 is 16.6 Å². The van der Waals surface area contributed by atoms with Crippen molar-refractivity contribution in [2.75, 3.05) is 0 Å². The van der Waals surface area contributed by atoms with E-state index in [1.807, 2.05) is 0 Å². The van der Waals surface area contributed by atoms with Crippen molar-refractivity contribution in [2.24, 2.45) is 0 Å². The predicted octanol–water partition coefficient (Wildman–Crippen LogP) is 6.10. The van der Waals surface area contributed by atoms with Gasteiger partial charge in [0, 0.05) is 0 Å². The van der Waals surface area contributed by atoms with Crippen molar-refractivity contribution in [3.05, 3.63) is 0 Å². The van der Waals surface area contributed by atoms with E-state index in [1.54, 1.807) is 0 Å². The summed E-state index contributed by atoms with van der Waals surface area (Å²) in [6.45, 7) is 14.1. The maximum absolute atomic E-state index is 6.99. The van der Waals surface area contributed by atoms with Crippen molar-refractivity contribution < 1.29 is 8.85 Å². The first-order chi connectivity index (χ1) is 10.1. The fourth-order valence-corrected chi connectivity index (χ4v) is 7.84. The lowest BCUT2D eigenvalue weighted by Gasteiger charge is -2.58. The van der Waals surface area contributed by atoms with Crippen molar-refractivity contribution in [1.82, 2.24) is 0 Å². The fraction of sp³-hybridized carbons (Fsp3) is 1.00. The van der Waals surface area contributed by atoms with Crippen LogP contribution in [0.25, 0.3) is 0 Å². The largest absolute Gasteiger partial charge is 0.409 e. The minimum Gasteiger partial charge on any atom is -0.409 e. The fourth-order valence-electron chi connectivity index (χ4n) is 4.72. The molecule has 0 aliphatic heterocycles. The Hall–Kier alpha value is 0.354. The van der Waals surface area contributed by atoms with Crippen LogP contribution in [0, 0.1) is 0 Å². The van der Waals surface area contributed by atoms with Gasteiger partial charge in [0.2, 0.25) is 0 Å². The van der Waals surface area contributed by atoms with Gasteiger partial charge in [0.25, 0.3) is 0 Å². The van der Waals surface area contributed by atoms with Crippen LogP contribution in [0.5, 0.6) is 0 Å². The molecule has 0 N–H and O–H groups in total. The molecular formula is C18H38O2Si2. The minimum atomic E-state index is -1.59. The monoisotopic (exact) mass is 342 g/mol. The van der Waals surface area contributed by atoms with E-state index in [1.165, 1.54) is 64.2 Å². The Morgan fingerprint density at radius 3 is 1.00 bits per heavy atom. The van der Waals surface area contributed by atoms with Crippen LogP contribution < -0.4 is 0 Å². The van der Waals surface area contributed by atoms with Gasteiger partial charge in [0.15, 0.2) is 16.6 Å². The van der Waals surface area contributed by atoms with Crippen LogP contribution in [0.15, 0.2) is 0 Å². The average molecular weight is 343 g/mol. The third-order valence-electron chi connectivity index (χ3n) is 5.16. The van der Waals surface area contributed by atoms with Gasteiger partial charge in [-0.05, 0) is 65.0 Å². The minimum absolute atomic E-state index is 0.0103. The molecule has 22 heavy (non-hydrogen) atoms. The van der Waals surface area contributed by atoms with E-state index in [-0.39, 0.29) is 11.2 Å². The van der Waals surface area contributed by atoms with Crippen LogP contribution in [0.4, 0.5) is 0 Å². The summed E-state index contributed by atoms with van der Waals surface area (Å²) in [5, 5.41) is 0. The van der Waals surface area contributed by atoms with Crippen molar-refractivity contribution in [2.45, 2.75) is 115 Å². The van der Waals surface area contributed by atoms with E-state index in [2.05, 4.69) is 39.3 Å². The Balaban J connectivity index is 2.38. The first-order valence-corrected chi connectivity index (χ1v) is 16.3. The summed E-state index contributed by atoms with van der Waals surface area (Å²) in [7, 11) is -3.18. The molecule has 0 bridgehead atoms. The Morgan fingerprint density at radius 1 is 0.500 bits per heavy atom. The lowest BCUT2D eigenvalue weighted by Crippen LogP contribution is -2.64. The lowest BCUT2D eigenvalue weighted by atomic mass is 9.66. The summed E-state index contributed by atoms with van der Waals surface area (Å²) in [5.74, 6) is 0. The Labute approximate surface area is 140 Å². The van der Waals surface area contributed by atoms with Crippen LogP contribution >= 0.6 is 0 Å². The zero-order valence-corrected chi connectivity index (χ0v) is 17.9. The second-order valence-electron chi connectivity index (χ2n) is 9.54. The van der Waals surface area contributed by atoms with Crippen LogP contribution in [0.2, 0.25) is 39.3 Å². The highest BCUT2D eigenvalue weighted by molar-refractivity contribution is 6.70. The summed E-state index contributed by atoms with van der Waals surface area (Å²) in [5.41, 5.74) is 0.0207. The third kappa shape index (κ3) is 4.46. The van der Waals surface area contributed by atoms with Crippen LogP contribution in [0.1, 0.15) is 64.2 Å². The van der Waals surface area contributed by atoms with E-state index in [4.69, 9.17) is 8.85 Å². The number of hydrogen-bond acceptors (Lipinski definition) is 2. The highest BCUT2D eigenvalue weighted by Crippen LogP contribution is 2.51. The second-order valence-corrected chi connectivity index (χ2v) is 18.4. The molecule has 2 aliphatic rings. The van der Waals surface area contributed by atoms with E-state index in [9.17, 15) is 0 Å². The van der Waals surface area contributed by atoms with Crippen molar-refractivity contribution in [3.63, 3.8) is 0 Å². The molecule has 2 rings (SSSR count). The van der Waals surface area contributed by atoms with Crippen molar-refractivity contribution in [1.29, 1.82) is 0 Å². The summed E-state index contributed by atoms with van der Waals surface area (Å²) in [6, 6.07) is 0.